The second-order valence-corrected chi connectivity index (χ2v) is 4.84. The maximum atomic E-state index is 11.9. The van der Waals surface area contributed by atoms with Crippen LogP contribution in [-0.4, -0.2) is 16.3 Å². The van der Waals surface area contributed by atoms with Crippen LogP contribution in [0.25, 0.3) is 11.3 Å². The van der Waals surface area contributed by atoms with Gasteiger partial charge in [0.15, 0.2) is 0 Å². The number of amides is 1. The van der Waals surface area contributed by atoms with Gasteiger partial charge in [0.05, 0.1) is 5.69 Å². The highest BCUT2D eigenvalue weighted by molar-refractivity contribution is 5.87. The van der Waals surface area contributed by atoms with Gasteiger partial charge in [0.25, 0.3) is 0 Å². The number of hydrogen-bond acceptors (Lipinski definition) is 3. The van der Waals surface area contributed by atoms with Gasteiger partial charge in [0.1, 0.15) is 5.75 Å². The van der Waals surface area contributed by atoms with E-state index in [2.05, 4.69) is 15.5 Å². The molecule has 1 aromatic heterocycles. The molecule has 0 aliphatic carbocycles. The number of nitrogens with zero attached hydrogens (tertiary/aromatic N) is 1. The molecule has 0 fully saturated rings. The van der Waals surface area contributed by atoms with Crippen LogP contribution in [0.3, 0.4) is 0 Å². The molecule has 0 saturated heterocycles. The fourth-order valence-corrected chi connectivity index (χ4v) is 2.06. The van der Waals surface area contributed by atoms with Gasteiger partial charge < -0.3 is 4.74 Å². The Morgan fingerprint density at radius 2 is 1.91 bits per heavy atom. The Morgan fingerprint density at radius 1 is 1.09 bits per heavy atom. The molecular formula is C17H15N3O2. The van der Waals surface area contributed by atoms with Crippen LogP contribution >= 0.6 is 0 Å². The third kappa shape index (κ3) is 3.32. The first-order valence-corrected chi connectivity index (χ1v) is 6.87. The summed E-state index contributed by atoms with van der Waals surface area (Å²) in [6.07, 6.45) is -0.526. The minimum Gasteiger partial charge on any atom is -0.410 e. The molecule has 0 atom stereocenters. The van der Waals surface area contributed by atoms with Crippen LogP contribution in [0.1, 0.15) is 5.69 Å². The Morgan fingerprint density at radius 3 is 2.64 bits per heavy atom. The van der Waals surface area contributed by atoms with E-state index in [1.54, 1.807) is 18.2 Å². The number of ether oxygens (including phenoxy) is 1. The van der Waals surface area contributed by atoms with E-state index in [1.165, 1.54) is 0 Å². The van der Waals surface area contributed by atoms with Crippen LogP contribution in [0.4, 0.5) is 10.5 Å². The molecule has 0 aliphatic heterocycles. The van der Waals surface area contributed by atoms with E-state index in [1.807, 2.05) is 49.4 Å². The van der Waals surface area contributed by atoms with Crippen molar-refractivity contribution < 1.29 is 9.53 Å². The third-order valence-corrected chi connectivity index (χ3v) is 3.06. The number of aromatic nitrogens is 2. The van der Waals surface area contributed by atoms with Crippen LogP contribution < -0.4 is 10.1 Å². The number of rotatable bonds is 3. The van der Waals surface area contributed by atoms with Crippen molar-refractivity contribution in [3.63, 3.8) is 0 Å². The number of H-pyrrole nitrogens is 1. The average Bonchev–Trinajstić information content (AvgIpc) is 2.95. The van der Waals surface area contributed by atoms with Gasteiger partial charge in [-0.05, 0) is 37.3 Å². The number of carbonyl (C=O) groups is 1. The Bertz CT molecular complexity index is 781. The molecule has 1 amide bonds. The summed E-state index contributed by atoms with van der Waals surface area (Å²) >= 11 is 0. The summed E-state index contributed by atoms with van der Waals surface area (Å²) in [7, 11) is 0. The van der Waals surface area contributed by atoms with Crippen molar-refractivity contribution in [2.24, 2.45) is 0 Å². The van der Waals surface area contributed by atoms with Crippen LogP contribution in [0.2, 0.25) is 0 Å². The third-order valence-electron chi connectivity index (χ3n) is 3.06. The zero-order chi connectivity index (χ0) is 15.4. The Kier molecular flexibility index (Phi) is 3.87. The van der Waals surface area contributed by atoms with Gasteiger partial charge >= 0.3 is 6.09 Å². The maximum absolute atomic E-state index is 11.9. The van der Waals surface area contributed by atoms with E-state index >= 15 is 0 Å². The SMILES string of the molecule is Cc1cc(-c2cccc(NC(=O)Oc3ccccc3)c2)n[nH]1. The van der Waals surface area contributed by atoms with Gasteiger partial charge in [-0.15, -0.1) is 0 Å². The minimum absolute atomic E-state index is 0.499. The molecule has 110 valence electrons. The highest BCUT2D eigenvalue weighted by atomic mass is 16.6. The zero-order valence-corrected chi connectivity index (χ0v) is 12.0. The number of para-hydroxylation sites is 1. The lowest BCUT2D eigenvalue weighted by molar-refractivity contribution is 0.215. The molecule has 0 spiro atoms. The van der Waals surface area contributed by atoms with E-state index in [4.69, 9.17) is 4.74 Å². The fraction of sp³-hybridized carbons (Fsp3) is 0.0588. The fourth-order valence-electron chi connectivity index (χ4n) is 2.06. The van der Waals surface area contributed by atoms with Crippen molar-refractivity contribution in [2.75, 3.05) is 5.32 Å². The van der Waals surface area contributed by atoms with Crippen molar-refractivity contribution in [3.05, 3.63) is 66.4 Å². The summed E-state index contributed by atoms with van der Waals surface area (Å²) in [5, 5.41) is 9.81. The van der Waals surface area contributed by atoms with Crippen molar-refractivity contribution in [1.29, 1.82) is 0 Å². The number of anilines is 1. The monoisotopic (exact) mass is 293 g/mol. The molecule has 5 heteroatoms. The molecule has 22 heavy (non-hydrogen) atoms. The predicted octanol–water partition coefficient (Wildman–Crippen LogP) is 4.00. The first kappa shape index (κ1) is 13.9. The lowest BCUT2D eigenvalue weighted by Crippen LogP contribution is -2.16. The lowest BCUT2D eigenvalue weighted by Gasteiger charge is -2.07. The summed E-state index contributed by atoms with van der Waals surface area (Å²) in [5.74, 6) is 0.499. The molecule has 0 aliphatic rings. The van der Waals surface area contributed by atoms with Gasteiger partial charge in [0.2, 0.25) is 0 Å². The number of carbonyl (C=O) groups excluding carboxylic acids is 1. The predicted molar refractivity (Wildman–Crippen MR) is 84.8 cm³/mol. The Balaban J connectivity index is 1.71. The molecule has 5 nitrogen and oxygen atoms in total. The average molecular weight is 293 g/mol. The van der Waals surface area contributed by atoms with E-state index in [0.29, 0.717) is 11.4 Å². The highest BCUT2D eigenvalue weighted by Gasteiger charge is 2.07. The van der Waals surface area contributed by atoms with Crippen molar-refractivity contribution in [3.8, 4) is 17.0 Å². The maximum Gasteiger partial charge on any atom is 0.417 e. The second-order valence-electron chi connectivity index (χ2n) is 4.84. The van der Waals surface area contributed by atoms with Crippen LogP contribution in [0.15, 0.2) is 60.7 Å². The Labute approximate surface area is 127 Å². The van der Waals surface area contributed by atoms with E-state index < -0.39 is 6.09 Å². The second kappa shape index (κ2) is 6.13. The van der Waals surface area contributed by atoms with E-state index in [9.17, 15) is 4.79 Å². The molecule has 0 bridgehead atoms. The first-order valence-electron chi connectivity index (χ1n) is 6.87. The van der Waals surface area contributed by atoms with Gasteiger partial charge in [-0.25, -0.2) is 4.79 Å². The van der Waals surface area contributed by atoms with Crippen molar-refractivity contribution >= 4 is 11.8 Å². The van der Waals surface area contributed by atoms with Crippen LogP contribution in [0, 0.1) is 6.92 Å². The first-order chi connectivity index (χ1) is 10.7. The molecule has 2 N–H and O–H groups in total. The van der Waals surface area contributed by atoms with Crippen LogP contribution in [0.5, 0.6) is 5.75 Å². The number of hydrogen-bond donors (Lipinski definition) is 2. The molecule has 2 aromatic carbocycles. The number of aryl methyl sites for hydroxylation is 1. The normalized spacial score (nSPS) is 10.2. The summed E-state index contributed by atoms with van der Waals surface area (Å²) in [6.45, 7) is 1.94. The highest BCUT2D eigenvalue weighted by Crippen LogP contribution is 2.21. The standard InChI is InChI=1S/C17H15N3O2/c1-12-10-16(20-19-12)13-6-5-7-14(11-13)18-17(21)22-15-8-3-2-4-9-15/h2-11H,1H3,(H,18,21)(H,19,20). The van der Waals surface area contributed by atoms with E-state index in [-0.39, 0.29) is 0 Å². The summed E-state index contributed by atoms with van der Waals surface area (Å²) in [6, 6.07) is 18.3. The largest absolute Gasteiger partial charge is 0.417 e. The summed E-state index contributed by atoms with van der Waals surface area (Å²) in [4.78, 5) is 11.9. The Hall–Kier alpha value is -3.08. The smallest absolute Gasteiger partial charge is 0.410 e. The van der Waals surface area contributed by atoms with Crippen molar-refractivity contribution in [1.82, 2.24) is 10.2 Å². The molecule has 1 heterocycles. The molecule has 3 aromatic rings. The minimum atomic E-state index is -0.526. The molecular weight excluding hydrogens is 278 g/mol. The van der Waals surface area contributed by atoms with Gasteiger partial charge in [-0.1, -0.05) is 30.3 Å². The number of benzene rings is 2. The van der Waals surface area contributed by atoms with Gasteiger partial charge in [0, 0.05) is 16.9 Å². The summed E-state index contributed by atoms with van der Waals surface area (Å²) < 4.78 is 5.20. The summed E-state index contributed by atoms with van der Waals surface area (Å²) in [5.41, 5.74) is 3.38. The molecule has 0 saturated carbocycles. The van der Waals surface area contributed by atoms with Crippen molar-refractivity contribution in [2.45, 2.75) is 6.92 Å². The topological polar surface area (TPSA) is 67.0 Å². The molecule has 3 rings (SSSR count). The quantitative estimate of drug-likeness (QED) is 0.767. The van der Waals surface area contributed by atoms with Gasteiger partial charge in [-0.3, -0.25) is 10.4 Å². The van der Waals surface area contributed by atoms with Gasteiger partial charge in [-0.2, -0.15) is 5.10 Å². The lowest BCUT2D eigenvalue weighted by atomic mass is 10.1. The van der Waals surface area contributed by atoms with Crippen LogP contribution in [-0.2, 0) is 0 Å². The zero-order valence-electron chi connectivity index (χ0n) is 12.0. The number of nitrogens with one attached hydrogen (secondary N) is 2. The number of aromatic amines is 1. The molecule has 0 unspecified atom stereocenters. The molecule has 0 radical (unpaired) electrons. The van der Waals surface area contributed by atoms with E-state index in [0.717, 1.165) is 17.0 Å².